The topological polar surface area (TPSA) is 33.0 Å². The van der Waals surface area contributed by atoms with E-state index in [9.17, 15) is 0 Å². The van der Waals surface area contributed by atoms with Gasteiger partial charge >= 0.3 is 0 Å². The third-order valence-corrected chi connectivity index (χ3v) is 7.33. The Kier molecular flexibility index (Phi) is 10.2. The molecule has 0 atom stereocenters. The zero-order chi connectivity index (χ0) is 19.4. The lowest BCUT2D eigenvalue weighted by atomic mass is 9.67. The molecule has 0 aromatic heterocycles. The fourth-order valence-electron chi connectivity index (χ4n) is 5.44. The van der Waals surface area contributed by atoms with E-state index in [0.717, 1.165) is 30.6 Å². The van der Waals surface area contributed by atoms with Crippen molar-refractivity contribution in [3.05, 3.63) is 24.3 Å². The summed E-state index contributed by atoms with van der Waals surface area (Å²) in [5.74, 6) is 2.95. The molecule has 0 aliphatic heterocycles. The number of nitrogens with zero attached hydrogens (tertiary/aromatic N) is 1. The van der Waals surface area contributed by atoms with Crippen LogP contribution in [0, 0.1) is 29.1 Å². The Hall–Kier alpha value is -1.07. The Morgan fingerprint density at radius 2 is 1.70 bits per heavy atom. The van der Waals surface area contributed by atoms with Crippen LogP contribution in [-0.4, -0.2) is 12.7 Å². The quantitative estimate of drug-likeness (QED) is 0.228. The molecule has 2 fully saturated rings. The predicted molar refractivity (Wildman–Crippen MR) is 114 cm³/mol. The smallest absolute Gasteiger partial charge is 0.0912 e. The number of ether oxygens (including phenoxy) is 1. The normalized spacial score (nSPS) is 32.1. The number of methoxy groups -OCH3 is 1. The summed E-state index contributed by atoms with van der Waals surface area (Å²) in [5, 5.41) is 8.51. The third kappa shape index (κ3) is 7.46. The van der Waals surface area contributed by atoms with Crippen molar-refractivity contribution in [2.75, 3.05) is 7.11 Å². The summed E-state index contributed by atoms with van der Waals surface area (Å²) in [6.45, 7) is 2.31. The van der Waals surface area contributed by atoms with Gasteiger partial charge in [0, 0.05) is 13.2 Å². The van der Waals surface area contributed by atoms with Gasteiger partial charge in [0.25, 0.3) is 0 Å². The Morgan fingerprint density at radius 1 is 1.00 bits per heavy atom. The van der Waals surface area contributed by atoms with Crippen molar-refractivity contribution < 1.29 is 4.74 Å². The Bertz CT molecular complexity index is 485. The van der Waals surface area contributed by atoms with E-state index in [0.29, 0.717) is 0 Å². The van der Waals surface area contributed by atoms with Crippen LogP contribution in [0.3, 0.4) is 0 Å². The van der Waals surface area contributed by atoms with E-state index >= 15 is 0 Å². The van der Waals surface area contributed by atoms with Crippen molar-refractivity contribution in [1.29, 1.82) is 5.26 Å². The average molecular weight is 372 g/mol. The van der Waals surface area contributed by atoms with Gasteiger partial charge in [0.15, 0.2) is 0 Å². The van der Waals surface area contributed by atoms with Gasteiger partial charge < -0.3 is 4.74 Å². The van der Waals surface area contributed by atoms with Gasteiger partial charge in [0.05, 0.1) is 11.7 Å². The van der Waals surface area contributed by atoms with E-state index in [4.69, 9.17) is 10.00 Å². The Balaban J connectivity index is 1.70. The lowest BCUT2D eigenvalue weighted by Crippen LogP contribution is -2.38. The molecule has 0 N–H and O–H groups in total. The zero-order valence-corrected chi connectivity index (χ0v) is 17.8. The van der Waals surface area contributed by atoms with Crippen molar-refractivity contribution in [3.63, 3.8) is 0 Å². The highest BCUT2D eigenvalue weighted by atomic mass is 16.5. The molecule has 0 saturated heterocycles. The summed E-state index contributed by atoms with van der Waals surface area (Å²) in [6.07, 6.45) is 26.5. The van der Waals surface area contributed by atoms with E-state index in [1.807, 2.05) is 25.3 Å². The van der Waals surface area contributed by atoms with Crippen molar-refractivity contribution in [3.8, 4) is 6.07 Å². The molecule has 0 spiro atoms. The predicted octanol–water partition coefficient (Wildman–Crippen LogP) is 7.36. The second-order valence-corrected chi connectivity index (χ2v) is 8.96. The molecule has 0 heterocycles. The minimum Gasteiger partial charge on any atom is -0.378 e. The highest BCUT2D eigenvalue weighted by Gasteiger charge is 2.38. The molecule has 2 rings (SSSR count). The van der Waals surface area contributed by atoms with Gasteiger partial charge in [0.1, 0.15) is 0 Å². The molecule has 152 valence electrons. The molecule has 0 amide bonds. The van der Waals surface area contributed by atoms with Crippen LogP contribution >= 0.6 is 0 Å². The second-order valence-electron chi connectivity index (χ2n) is 8.96. The van der Waals surface area contributed by atoms with Gasteiger partial charge in [0.2, 0.25) is 0 Å². The number of allylic oxidation sites excluding steroid dienone is 4. The van der Waals surface area contributed by atoms with Crippen LogP contribution < -0.4 is 0 Å². The van der Waals surface area contributed by atoms with Crippen LogP contribution in [0.5, 0.6) is 0 Å². The van der Waals surface area contributed by atoms with Gasteiger partial charge in [-0.15, -0.1) is 0 Å². The van der Waals surface area contributed by atoms with Gasteiger partial charge in [-0.05, 0) is 69.1 Å². The van der Waals surface area contributed by atoms with Crippen LogP contribution in [0.25, 0.3) is 0 Å². The lowest BCUT2D eigenvalue weighted by molar-refractivity contribution is -0.0618. The highest BCUT2D eigenvalue weighted by Crippen LogP contribution is 2.45. The number of unbranched alkanes of at least 4 members (excludes halogenated alkanes) is 2. The number of hydrogen-bond acceptors (Lipinski definition) is 2. The monoisotopic (exact) mass is 371 g/mol. The van der Waals surface area contributed by atoms with E-state index in [1.54, 1.807) is 0 Å². The van der Waals surface area contributed by atoms with Crippen LogP contribution in [-0.2, 0) is 4.74 Å². The number of rotatable bonds is 10. The molecule has 2 heteroatoms. The van der Waals surface area contributed by atoms with Crippen molar-refractivity contribution in [2.24, 2.45) is 17.8 Å². The molecule has 2 nitrogen and oxygen atoms in total. The van der Waals surface area contributed by atoms with E-state index in [-0.39, 0.29) is 5.60 Å². The summed E-state index contributed by atoms with van der Waals surface area (Å²) in [7, 11) is 1.90. The fraction of sp³-hybridized carbons (Fsp3) is 0.800. The first-order chi connectivity index (χ1) is 13.2. The maximum Gasteiger partial charge on any atom is 0.0912 e. The molecular weight excluding hydrogens is 330 g/mol. The van der Waals surface area contributed by atoms with Crippen molar-refractivity contribution in [1.82, 2.24) is 0 Å². The number of nitriles is 1. The maximum absolute atomic E-state index is 8.51. The molecule has 2 aliphatic carbocycles. The first-order valence-electron chi connectivity index (χ1n) is 11.5. The van der Waals surface area contributed by atoms with E-state index < -0.39 is 0 Å². The summed E-state index contributed by atoms with van der Waals surface area (Å²) >= 11 is 0. The average Bonchev–Trinajstić information content (AvgIpc) is 2.72. The molecule has 27 heavy (non-hydrogen) atoms. The molecule has 0 unspecified atom stereocenters. The highest BCUT2D eigenvalue weighted by molar-refractivity contribution is 5.11. The summed E-state index contributed by atoms with van der Waals surface area (Å²) in [5.41, 5.74) is 0.0944. The summed E-state index contributed by atoms with van der Waals surface area (Å²) in [4.78, 5) is 0. The molecule has 0 aromatic carbocycles. The summed E-state index contributed by atoms with van der Waals surface area (Å²) < 4.78 is 6.01. The van der Waals surface area contributed by atoms with Crippen LogP contribution in [0.1, 0.15) is 96.8 Å². The molecule has 0 bridgehead atoms. The maximum atomic E-state index is 8.51. The second kappa shape index (κ2) is 12.4. The van der Waals surface area contributed by atoms with Crippen molar-refractivity contribution >= 4 is 0 Å². The molecule has 0 radical (unpaired) electrons. The fourth-order valence-corrected chi connectivity index (χ4v) is 5.44. The van der Waals surface area contributed by atoms with E-state index in [2.05, 4.69) is 13.0 Å². The van der Waals surface area contributed by atoms with Gasteiger partial charge in [-0.1, -0.05) is 63.7 Å². The molecular formula is C25H41NO. The van der Waals surface area contributed by atoms with E-state index in [1.165, 1.54) is 83.1 Å². The van der Waals surface area contributed by atoms with Crippen LogP contribution in [0.2, 0.25) is 0 Å². The van der Waals surface area contributed by atoms with Crippen LogP contribution in [0.4, 0.5) is 0 Å². The largest absolute Gasteiger partial charge is 0.378 e. The first kappa shape index (κ1) is 22.2. The van der Waals surface area contributed by atoms with Gasteiger partial charge in [-0.2, -0.15) is 5.26 Å². The summed E-state index contributed by atoms with van der Waals surface area (Å²) in [6, 6.07) is 2.02. The molecule has 2 saturated carbocycles. The van der Waals surface area contributed by atoms with Crippen molar-refractivity contribution in [2.45, 2.75) is 102 Å². The molecule has 0 aromatic rings. The molecule has 2 aliphatic rings. The Morgan fingerprint density at radius 3 is 2.33 bits per heavy atom. The third-order valence-electron chi connectivity index (χ3n) is 7.33. The zero-order valence-electron chi connectivity index (χ0n) is 17.8. The van der Waals surface area contributed by atoms with Crippen LogP contribution in [0.15, 0.2) is 24.3 Å². The minimum atomic E-state index is 0.0944. The van der Waals surface area contributed by atoms with Gasteiger partial charge in [-0.3, -0.25) is 0 Å². The first-order valence-corrected chi connectivity index (χ1v) is 11.5. The Labute approximate surface area is 168 Å². The number of hydrogen-bond donors (Lipinski definition) is 0. The van der Waals surface area contributed by atoms with Gasteiger partial charge in [-0.25, -0.2) is 0 Å². The lowest BCUT2D eigenvalue weighted by Gasteiger charge is -2.43. The minimum absolute atomic E-state index is 0.0944. The standard InChI is InChI=1S/C25H41NO/c1-3-4-8-11-22-12-14-23(15-13-22)24-16-19-25(27-2,20-17-24)18-9-6-5-7-10-21-26/h5-7,10,22-24H,3-4,8-9,11-20H2,1-2H3/t22-,23-,24-,25+. The SMILES string of the molecule is CCCCC[C@H]1CC[C@H]([C@H]2CC[C@@](CCC=CC=CC#N)(OC)CC2)CC1.